The van der Waals surface area contributed by atoms with Crippen LogP contribution in [0.25, 0.3) is 0 Å². The molecule has 1 aromatic heterocycles. The van der Waals surface area contributed by atoms with E-state index in [0.717, 1.165) is 18.4 Å². The number of rotatable bonds is 14. The first-order valence-electron chi connectivity index (χ1n) is 9.71. The summed E-state index contributed by atoms with van der Waals surface area (Å²) in [5, 5.41) is 6.45. The predicted molar refractivity (Wildman–Crippen MR) is 105 cm³/mol. The number of nitrogens with zero attached hydrogens (tertiary/aromatic N) is 2. The molecule has 0 spiro atoms. The Labute approximate surface area is 156 Å². The molecule has 1 aromatic rings. The van der Waals surface area contributed by atoms with Crippen LogP contribution in [-0.2, 0) is 9.59 Å². The summed E-state index contributed by atoms with van der Waals surface area (Å²) in [4.78, 5) is 27.3. The normalized spacial score (nSPS) is 10.8. The maximum absolute atomic E-state index is 11.7. The minimum atomic E-state index is -0.342. The van der Waals surface area contributed by atoms with E-state index in [1.165, 1.54) is 51.2 Å². The number of unbranched alkanes of at least 4 members (excludes halogenated alkanes) is 8. The van der Waals surface area contributed by atoms with Crippen LogP contribution in [0.5, 0.6) is 0 Å². The quantitative estimate of drug-likeness (QED) is 0.302. The molecule has 0 aromatic carbocycles. The average molecular weight is 361 g/mol. The summed E-state index contributed by atoms with van der Waals surface area (Å²) in [5.41, 5.74) is 3.17. The van der Waals surface area contributed by atoms with E-state index in [9.17, 15) is 9.59 Å². The molecule has 26 heavy (non-hydrogen) atoms. The van der Waals surface area contributed by atoms with E-state index in [4.69, 9.17) is 0 Å². The van der Waals surface area contributed by atoms with Gasteiger partial charge in [0.25, 0.3) is 5.91 Å². The van der Waals surface area contributed by atoms with Gasteiger partial charge in [-0.05, 0) is 12.5 Å². The number of hydrogen-bond acceptors (Lipinski definition) is 4. The molecule has 0 saturated heterocycles. The summed E-state index contributed by atoms with van der Waals surface area (Å²) in [5.74, 6) is -0.426. The first-order chi connectivity index (χ1) is 12.7. The van der Waals surface area contributed by atoms with Crippen LogP contribution in [0.15, 0.2) is 29.6 Å². The molecule has 0 aliphatic heterocycles. The van der Waals surface area contributed by atoms with Crippen molar-refractivity contribution >= 4 is 18.0 Å². The summed E-state index contributed by atoms with van der Waals surface area (Å²) in [6.45, 7) is 2.17. The number of hydrazone groups is 1. The monoisotopic (exact) mass is 360 g/mol. The van der Waals surface area contributed by atoms with Crippen LogP contribution < -0.4 is 10.7 Å². The molecular weight excluding hydrogens is 328 g/mol. The lowest BCUT2D eigenvalue weighted by atomic mass is 10.1. The highest BCUT2D eigenvalue weighted by Gasteiger charge is 2.04. The third kappa shape index (κ3) is 12.2. The Morgan fingerprint density at radius 1 is 1.04 bits per heavy atom. The van der Waals surface area contributed by atoms with Crippen LogP contribution >= 0.6 is 0 Å². The zero-order valence-corrected chi connectivity index (χ0v) is 15.9. The van der Waals surface area contributed by atoms with E-state index in [1.807, 2.05) is 6.07 Å². The van der Waals surface area contributed by atoms with Gasteiger partial charge in [-0.1, -0.05) is 64.4 Å². The Morgan fingerprint density at radius 3 is 2.38 bits per heavy atom. The molecule has 6 heteroatoms. The lowest BCUT2D eigenvalue weighted by Gasteiger charge is -2.04. The van der Waals surface area contributed by atoms with Crippen molar-refractivity contribution in [2.24, 2.45) is 5.10 Å². The first-order valence-corrected chi connectivity index (χ1v) is 9.71. The van der Waals surface area contributed by atoms with Gasteiger partial charge in [-0.15, -0.1) is 0 Å². The van der Waals surface area contributed by atoms with Crippen LogP contribution in [0, 0.1) is 0 Å². The van der Waals surface area contributed by atoms with Crippen molar-refractivity contribution in [2.75, 3.05) is 6.54 Å². The number of amides is 2. The van der Waals surface area contributed by atoms with Crippen molar-refractivity contribution < 1.29 is 9.59 Å². The molecule has 1 heterocycles. The maximum atomic E-state index is 11.7. The molecule has 2 N–H and O–H groups in total. The van der Waals surface area contributed by atoms with Crippen molar-refractivity contribution in [1.29, 1.82) is 0 Å². The summed E-state index contributed by atoms with van der Waals surface area (Å²) in [6, 6.07) is 3.62. The molecule has 0 aliphatic carbocycles. The molecule has 0 radical (unpaired) electrons. The van der Waals surface area contributed by atoms with Gasteiger partial charge in [-0.2, -0.15) is 5.10 Å². The standard InChI is InChI=1S/C20H32N4O2/c1-2-3-4-5-6-7-8-9-10-13-19(25)22-17-20(26)24-23-16-18-12-11-14-21-15-18/h11-12,14-16H,2-10,13,17H2,1H3,(H,22,25)(H,24,26)/b23-16-. The minimum Gasteiger partial charge on any atom is -0.347 e. The Bertz CT molecular complexity index is 532. The summed E-state index contributed by atoms with van der Waals surface area (Å²) in [7, 11) is 0. The zero-order valence-electron chi connectivity index (χ0n) is 15.9. The van der Waals surface area contributed by atoms with Crippen molar-refractivity contribution in [1.82, 2.24) is 15.7 Å². The third-order valence-corrected chi connectivity index (χ3v) is 4.04. The van der Waals surface area contributed by atoms with E-state index in [1.54, 1.807) is 18.5 Å². The highest BCUT2D eigenvalue weighted by molar-refractivity contribution is 5.86. The van der Waals surface area contributed by atoms with Crippen molar-refractivity contribution in [3.05, 3.63) is 30.1 Å². The fraction of sp³-hybridized carbons (Fsp3) is 0.600. The lowest BCUT2D eigenvalue weighted by molar-refractivity contribution is -0.126. The van der Waals surface area contributed by atoms with Crippen LogP contribution in [-0.4, -0.2) is 29.6 Å². The van der Waals surface area contributed by atoms with E-state index in [2.05, 4.69) is 27.8 Å². The fourth-order valence-electron chi connectivity index (χ4n) is 2.53. The maximum Gasteiger partial charge on any atom is 0.259 e. The van der Waals surface area contributed by atoms with Crippen LogP contribution in [0.3, 0.4) is 0 Å². The zero-order chi connectivity index (χ0) is 18.9. The largest absolute Gasteiger partial charge is 0.347 e. The SMILES string of the molecule is CCCCCCCCCCCC(=O)NCC(=O)N/N=C\c1cccnc1. The second-order valence-electron chi connectivity index (χ2n) is 6.43. The smallest absolute Gasteiger partial charge is 0.259 e. The number of nitrogens with one attached hydrogen (secondary N) is 2. The van der Waals surface area contributed by atoms with Crippen molar-refractivity contribution in [3.63, 3.8) is 0 Å². The topological polar surface area (TPSA) is 83.5 Å². The summed E-state index contributed by atoms with van der Waals surface area (Å²) in [6.07, 6.45) is 16.3. The number of carbonyl (C=O) groups excluding carboxylic acids is 2. The molecule has 6 nitrogen and oxygen atoms in total. The number of pyridine rings is 1. The van der Waals surface area contributed by atoms with Gasteiger partial charge >= 0.3 is 0 Å². The van der Waals surface area contributed by atoms with Gasteiger partial charge in [0.2, 0.25) is 5.91 Å². The molecule has 0 saturated carbocycles. The molecule has 2 amide bonds. The molecule has 0 atom stereocenters. The second kappa shape index (κ2) is 15.0. The predicted octanol–water partition coefficient (Wildman–Crippen LogP) is 3.57. The van der Waals surface area contributed by atoms with E-state index >= 15 is 0 Å². The van der Waals surface area contributed by atoms with E-state index < -0.39 is 0 Å². The van der Waals surface area contributed by atoms with Gasteiger partial charge in [-0.3, -0.25) is 14.6 Å². The van der Waals surface area contributed by atoms with Gasteiger partial charge < -0.3 is 5.32 Å². The second-order valence-corrected chi connectivity index (χ2v) is 6.43. The van der Waals surface area contributed by atoms with E-state index in [0.29, 0.717) is 6.42 Å². The summed E-state index contributed by atoms with van der Waals surface area (Å²) >= 11 is 0. The Kier molecular flexibility index (Phi) is 12.6. The van der Waals surface area contributed by atoms with Crippen LogP contribution in [0.4, 0.5) is 0 Å². The van der Waals surface area contributed by atoms with Gasteiger partial charge in [0, 0.05) is 24.4 Å². The van der Waals surface area contributed by atoms with Crippen molar-refractivity contribution in [3.8, 4) is 0 Å². The first kappa shape index (κ1) is 21.8. The van der Waals surface area contributed by atoms with E-state index in [-0.39, 0.29) is 18.4 Å². The van der Waals surface area contributed by atoms with Gasteiger partial charge in [-0.25, -0.2) is 5.43 Å². The Morgan fingerprint density at radius 2 is 1.73 bits per heavy atom. The number of aromatic nitrogens is 1. The third-order valence-electron chi connectivity index (χ3n) is 4.04. The number of carbonyl (C=O) groups is 2. The molecule has 0 unspecified atom stereocenters. The van der Waals surface area contributed by atoms with Crippen molar-refractivity contribution in [2.45, 2.75) is 71.1 Å². The number of hydrogen-bond donors (Lipinski definition) is 2. The molecular formula is C20H32N4O2. The van der Waals surface area contributed by atoms with Crippen LogP contribution in [0.2, 0.25) is 0 Å². The molecule has 144 valence electrons. The fourth-order valence-corrected chi connectivity index (χ4v) is 2.53. The van der Waals surface area contributed by atoms with Gasteiger partial charge in [0.15, 0.2) is 0 Å². The molecule has 0 aliphatic rings. The lowest BCUT2D eigenvalue weighted by Crippen LogP contribution is -2.34. The highest BCUT2D eigenvalue weighted by Crippen LogP contribution is 2.10. The Balaban J connectivity index is 1.97. The van der Waals surface area contributed by atoms with Crippen LogP contribution in [0.1, 0.15) is 76.7 Å². The Hall–Kier alpha value is -2.24. The molecule has 0 bridgehead atoms. The average Bonchev–Trinajstić information content (AvgIpc) is 2.66. The highest BCUT2D eigenvalue weighted by atomic mass is 16.2. The molecule has 1 rings (SSSR count). The minimum absolute atomic E-state index is 0.0549. The summed E-state index contributed by atoms with van der Waals surface area (Å²) < 4.78 is 0. The van der Waals surface area contributed by atoms with Gasteiger partial charge in [0.1, 0.15) is 0 Å². The van der Waals surface area contributed by atoms with Gasteiger partial charge in [0.05, 0.1) is 12.8 Å². The molecule has 0 fully saturated rings.